The molecule has 0 radical (unpaired) electrons. The predicted molar refractivity (Wildman–Crippen MR) is 98.6 cm³/mol. The molecule has 0 atom stereocenters. The number of carbonyl (C=O) groups is 1. The van der Waals surface area contributed by atoms with Crippen LogP contribution in [0.4, 0.5) is 4.39 Å². The molecule has 6 nitrogen and oxygen atoms in total. The van der Waals surface area contributed by atoms with Gasteiger partial charge in [0.15, 0.2) is 5.82 Å². The van der Waals surface area contributed by atoms with E-state index in [1.807, 2.05) is 0 Å². The third kappa shape index (κ3) is 4.42. The van der Waals surface area contributed by atoms with E-state index in [2.05, 4.69) is 15.3 Å². The number of thioether (sulfide) groups is 1. The number of aliphatic carboxylic acids is 1. The minimum Gasteiger partial charge on any atom is -0.481 e. The zero-order valence-electron chi connectivity index (χ0n) is 13.9. The molecule has 138 valence electrons. The minimum atomic E-state index is -0.954. The van der Waals surface area contributed by atoms with Gasteiger partial charge in [-0.15, -0.1) is 10.2 Å². The molecular formula is C17H18ClFN4O2S. The molecule has 1 saturated carbocycles. The van der Waals surface area contributed by atoms with Crippen molar-refractivity contribution in [2.75, 3.05) is 5.75 Å². The fourth-order valence-electron chi connectivity index (χ4n) is 2.97. The van der Waals surface area contributed by atoms with Gasteiger partial charge in [0.2, 0.25) is 5.16 Å². The van der Waals surface area contributed by atoms with Gasteiger partial charge in [0.05, 0.1) is 17.0 Å². The second-order valence-electron chi connectivity index (χ2n) is 6.05. The predicted octanol–water partition coefficient (Wildman–Crippen LogP) is 4.18. The van der Waals surface area contributed by atoms with Crippen molar-refractivity contribution in [3.63, 3.8) is 0 Å². The maximum Gasteiger partial charge on any atom is 0.313 e. The average molecular weight is 397 g/mol. The molecule has 26 heavy (non-hydrogen) atoms. The van der Waals surface area contributed by atoms with Crippen molar-refractivity contribution in [2.45, 2.75) is 43.2 Å². The molecule has 0 aliphatic heterocycles. The normalized spacial score (nSPS) is 15.6. The van der Waals surface area contributed by atoms with Gasteiger partial charge in [-0.05, 0) is 25.0 Å². The smallest absolute Gasteiger partial charge is 0.313 e. The largest absolute Gasteiger partial charge is 0.481 e. The Morgan fingerprint density at radius 1 is 1.38 bits per heavy atom. The van der Waals surface area contributed by atoms with Gasteiger partial charge in [0.25, 0.3) is 0 Å². The molecule has 0 saturated heterocycles. The Labute approximate surface area is 159 Å². The van der Waals surface area contributed by atoms with E-state index in [1.165, 1.54) is 29.4 Å². The van der Waals surface area contributed by atoms with E-state index < -0.39 is 11.8 Å². The SMILES string of the molecule is O=C(O)CSc1nnc(C2CCCCC2)n1N=Cc1c(F)cccc1Cl. The number of carboxylic acid groups (broad SMARTS) is 1. The first-order valence-corrected chi connectivity index (χ1v) is 9.71. The Balaban J connectivity index is 1.94. The molecule has 3 rings (SSSR count). The Morgan fingerprint density at radius 2 is 2.15 bits per heavy atom. The van der Waals surface area contributed by atoms with Crippen LogP contribution in [0.25, 0.3) is 0 Å². The minimum absolute atomic E-state index is 0.154. The molecule has 1 N–H and O–H groups in total. The van der Waals surface area contributed by atoms with Crippen molar-refractivity contribution in [2.24, 2.45) is 5.10 Å². The highest BCUT2D eigenvalue weighted by molar-refractivity contribution is 7.99. The molecule has 1 aromatic carbocycles. The summed E-state index contributed by atoms with van der Waals surface area (Å²) in [5.74, 6) is -0.693. The zero-order chi connectivity index (χ0) is 18.5. The Morgan fingerprint density at radius 3 is 2.85 bits per heavy atom. The van der Waals surface area contributed by atoms with Gasteiger partial charge in [-0.3, -0.25) is 4.79 Å². The number of hydrogen-bond acceptors (Lipinski definition) is 5. The number of nitrogens with zero attached hydrogens (tertiary/aromatic N) is 4. The summed E-state index contributed by atoms with van der Waals surface area (Å²) in [5, 5.41) is 22.2. The number of hydrogen-bond donors (Lipinski definition) is 1. The van der Waals surface area contributed by atoms with Crippen LogP contribution in [0.15, 0.2) is 28.5 Å². The maximum absolute atomic E-state index is 14.0. The van der Waals surface area contributed by atoms with Crippen LogP contribution in [-0.4, -0.2) is 37.9 Å². The van der Waals surface area contributed by atoms with Crippen molar-refractivity contribution >= 4 is 35.5 Å². The van der Waals surface area contributed by atoms with Crippen molar-refractivity contribution in [1.29, 1.82) is 0 Å². The van der Waals surface area contributed by atoms with Crippen LogP contribution in [0.1, 0.15) is 49.4 Å². The van der Waals surface area contributed by atoms with E-state index in [1.54, 1.807) is 6.07 Å². The molecule has 1 heterocycles. The highest BCUT2D eigenvalue weighted by Gasteiger charge is 2.24. The Kier molecular flexibility index (Phi) is 6.26. The van der Waals surface area contributed by atoms with E-state index in [-0.39, 0.29) is 22.3 Å². The monoisotopic (exact) mass is 396 g/mol. The van der Waals surface area contributed by atoms with Crippen LogP contribution in [0.5, 0.6) is 0 Å². The van der Waals surface area contributed by atoms with Crippen LogP contribution in [0.3, 0.4) is 0 Å². The van der Waals surface area contributed by atoms with Crippen LogP contribution in [-0.2, 0) is 4.79 Å². The number of aromatic nitrogens is 3. The molecular weight excluding hydrogens is 379 g/mol. The maximum atomic E-state index is 14.0. The highest BCUT2D eigenvalue weighted by Crippen LogP contribution is 2.33. The molecule has 0 spiro atoms. The quantitative estimate of drug-likeness (QED) is 0.585. The van der Waals surface area contributed by atoms with E-state index in [4.69, 9.17) is 16.7 Å². The Bertz CT molecular complexity index is 801. The lowest BCUT2D eigenvalue weighted by Gasteiger charge is -2.20. The molecule has 0 unspecified atom stereocenters. The van der Waals surface area contributed by atoms with E-state index in [0.29, 0.717) is 11.0 Å². The van der Waals surface area contributed by atoms with Crippen LogP contribution < -0.4 is 0 Å². The average Bonchev–Trinajstić information content (AvgIpc) is 3.03. The number of benzene rings is 1. The van der Waals surface area contributed by atoms with Crippen LogP contribution in [0.2, 0.25) is 5.02 Å². The first-order chi connectivity index (χ1) is 12.6. The molecule has 1 aliphatic rings. The highest BCUT2D eigenvalue weighted by atomic mass is 35.5. The molecule has 9 heteroatoms. The van der Waals surface area contributed by atoms with Crippen molar-refractivity contribution in [3.05, 3.63) is 40.4 Å². The summed E-state index contributed by atoms with van der Waals surface area (Å²) in [6, 6.07) is 4.41. The van der Waals surface area contributed by atoms with E-state index in [0.717, 1.165) is 37.4 Å². The molecule has 2 aromatic rings. The second kappa shape index (κ2) is 8.64. The second-order valence-corrected chi connectivity index (χ2v) is 7.40. The lowest BCUT2D eigenvalue weighted by atomic mass is 9.89. The van der Waals surface area contributed by atoms with Crippen LogP contribution in [0, 0.1) is 5.82 Å². The third-order valence-corrected chi connectivity index (χ3v) is 5.47. The summed E-state index contributed by atoms with van der Waals surface area (Å²) < 4.78 is 15.5. The van der Waals surface area contributed by atoms with Gasteiger partial charge in [-0.2, -0.15) is 9.78 Å². The van der Waals surface area contributed by atoms with Crippen LogP contribution >= 0.6 is 23.4 Å². The summed E-state index contributed by atoms with van der Waals surface area (Å²) >= 11 is 7.08. The van der Waals surface area contributed by atoms with Gasteiger partial charge in [0.1, 0.15) is 5.82 Å². The molecule has 0 amide bonds. The zero-order valence-corrected chi connectivity index (χ0v) is 15.5. The van der Waals surface area contributed by atoms with Gasteiger partial charge in [-0.1, -0.05) is 48.7 Å². The lowest BCUT2D eigenvalue weighted by molar-refractivity contribution is -0.133. The summed E-state index contributed by atoms with van der Waals surface area (Å²) in [6.07, 6.45) is 6.71. The van der Waals surface area contributed by atoms with Crippen molar-refractivity contribution in [3.8, 4) is 0 Å². The fourth-order valence-corrected chi connectivity index (χ4v) is 3.79. The van der Waals surface area contributed by atoms with E-state index >= 15 is 0 Å². The summed E-state index contributed by atoms with van der Waals surface area (Å²) in [7, 11) is 0. The number of carboxylic acids is 1. The summed E-state index contributed by atoms with van der Waals surface area (Å²) in [5.41, 5.74) is 0.173. The molecule has 0 bridgehead atoms. The molecule has 1 fully saturated rings. The molecule has 1 aromatic heterocycles. The van der Waals surface area contributed by atoms with Gasteiger partial charge in [0, 0.05) is 11.5 Å². The number of halogens is 2. The standard InChI is InChI=1S/C17H18ClFN4O2S/c18-13-7-4-8-14(19)12(13)9-20-23-16(11-5-2-1-3-6-11)21-22-17(23)26-10-15(24)25/h4,7-9,11H,1-3,5-6,10H2,(H,24,25). The summed E-state index contributed by atoms with van der Waals surface area (Å²) in [4.78, 5) is 10.9. The topological polar surface area (TPSA) is 80.4 Å². The lowest BCUT2D eigenvalue weighted by Crippen LogP contribution is -2.11. The van der Waals surface area contributed by atoms with Crippen molar-refractivity contribution in [1.82, 2.24) is 14.9 Å². The number of rotatable bonds is 6. The third-order valence-electron chi connectivity index (χ3n) is 4.23. The van der Waals surface area contributed by atoms with Crippen molar-refractivity contribution < 1.29 is 14.3 Å². The fraction of sp³-hybridized carbons (Fsp3) is 0.412. The molecule has 1 aliphatic carbocycles. The first kappa shape index (κ1) is 18.8. The van der Waals surface area contributed by atoms with Gasteiger partial charge >= 0.3 is 5.97 Å². The van der Waals surface area contributed by atoms with Gasteiger partial charge in [-0.25, -0.2) is 4.39 Å². The first-order valence-electron chi connectivity index (χ1n) is 8.34. The van der Waals surface area contributed by atoms with E-state index in [9.17, 15) is 9.18 Å². The van der Waals surface area contributed by atoms with Gasteiger partial charge < -0.3 is 5.11 Å². The summed E-state index contributed by atoms with van der Waals surface area (Å²) in [6.45, 7) is 0. The Hall–Kier alpha value is -1.93.